The zero-order valence-corrected chi connectivity index (χ0v) is 8.47. The Morgan fingerprint density at radius 1 is 1.57 bits per heavy atom. The zero-order valence-electron chi connectivity index (χ0n) is 8.47. The van der Waals surface area contributed by atoms with Crippen LogP contribution in [0.2, 0.25) is 0 Å². The van der Waals surface area contributed by atoms with Crippen molar-refractivity contribution in [3.63, 3.8) is 0 Å². The lowest BCUT2D eigenvalue weighted by atomic mass is 10.2. The summed E-state index contributed by atoms with van der Waals surface area (Å²) in [6.07, 6.45) is 3.68. The van der Waals surface area contributed by atoms with E-state index < -0.39 is 0 Å². The second-order valence-corrected chi connectivity index (χ2v) is 3.34. The standard InChI is InChI=1S/C10H15N3O/c1-8(11)7-10(14)13(2)9-3-5-12-6-4-9/h3-6,8H,7,11H2,1-2H3. The van der Waals surface area contributed by atoms with Gasteiger partial charge in [0.1, 0.15) is 0 Å². The van der Waals surface area contributed by atoms with Crippen LogP contribution >= 0.6 is 0 Å². The monoisotopic (exact) mass is 193 g/mol. The van der Waals surface area contributed by atoms with E-state index in [-0.39, 0.29) is 11.9 Å². The molecular formula is C10H15N3O. The number of rotatable bonds is 3. The number of carbonyl (C=O) groups excluding carboxylic acids is 1. The number of pyridine rings is 1. The molecule has 4 heteroatoms. The fourth-order valence-electron chi connectivity index (χ4n) is 1.12. The fourth-order valence-corrected chi connectivity index (χ4v) is 1.12. The molecule has 1 rings (SSSR count). The summed E-state index contributed by atoms with van der Waals surface area (Å²) in [6, 6.07) is 3.48. The first-order chi connectivity index (χ1) is 6.61. The van der Waals surface area contributed by atoms with Crippen molar-refractivity contribution in [2.45, 2.75) is 19.4 Å². The van der Waals surface area contributed by atoms with Crippen molar-refractivity contribution in [3.05, 3.63) is 24.5 Å². The molecule has 0 aromatic carbocycles. The maximum absolute atomic E-state index is 11.6. The molecule has 1 aromatic heterocycles. The summed E-state index contributed by atoms with van der Waals surface area (Å²) < 4.78 is 0. The molecular weight excluding hydrogens is 178 g/mol. The van der Waals surface area contributed by atoms with Gasteiger partial charge < -0.3 is 10.6 Å². The zero-order chi connectivity index (χ0) is 10.6. The van der Waals surface area contributed by atoms with Crippen molar-refractivity contribution >= 4 is 11.6 Å². The lowest BCUT2D eigenvalue weighted by Gasteiger charge is -2.17. The Labute approximate surface area is 83.7 Å². The summed E-state index contributed by atoms with van der Waals surface area (Å²) in [7, 11) is 1.74. The summed E-state index contributed by atoms with van der Waals surface area (Å²) in [5.41, 5.74) is 6.39. The lowest BCUT2D eigenvalue weighted by molar-refractivity contribution is -0.118. The van der Waals surface area contributed by atoms with Crippen LogP contribution in [0.5, 0.6) is 0 Å². The molecule has 0 aliphatic carbocycles. The van der Waals surface area contributed by atoms with E-state index in [1.807, 2.05) is 6.92 Å². The van der Waals surface area contributed by atoms with E-state index in [1.165, 1.54) is 0 Å². The molecule has 14 heavy (non-hydrogen) atoms. The Kier molecular flexibility index (Phi) is 3.59. The number of anilines is 1. The summed E-state index contributed by atoms with van der Waals surface area (Å²) in [5, 5.41) is 0. The normalized spacial score (nSPS) is 12.2. The summed E-state index contributed by atoms with van der Waals surface area (Å²) in [5.74, 6) is 0.0196. The summed E-state index contributed by atoms with van der Waals surface area (Å²) in [4.78, 5) is 17.1. The van der Waals surface area contributed by atoms with Gasteiger partial charge in [0, 0.05) is 37.6 Å². The highest BCUT2D eigenvalue weighted by Gasteiger charge is 2.11. The molecule has 76 valence electrons. The summed E-state index contributed by atoms with van der Waals surface area (Å²) >= 11 is 0. The smallest absolute Gasteiger partial charge is 0.228 e. The number of hydrogen-bond acceptors (Lipinski definition) is 3. The number of carbonyl (C=O) groups is 1. The van der Waals surface area contributed by atoms with E-state index >= 15 is 0 Å². The highest BCUT2D eigenvalue weighted by Crippen LogP contribution is 2.11. The highest BCUT2D eigenvalue weighted by molar-refractivity contribution is 5.92. The van der Waals surface area contributed by atoms with Gasteiger partial charge in [-0.25, -0.2) is 0 Å². The molecule has 4 nitrogen and oxygen atoms in total. The molecule has 1 unspecified atom stereocenters. The van der Waals surface area contributed by atoms with E-state index in [0.29, 0.717) is 6.42 Å². The first kappa shape index (κ1) is 10.7. The first-order valence-corrected chi connectivity index (χ1v) is 4.53. The highest BCUT2D eigenvalue weighted by atomic mass is 16.2. The molecule has 0 aliphatic heterocycles. The van der Waals surface area contributed by atoms with Gasteiger partial charge in [-0.15, -0.1) is 0 Å². The Hall–Kier alpha value is -1.42. The van der Waals surface area contributed by atoms with E-state index in [4.69, 9.17) is 5.73 Å². The van der Waals surface area contributed by atoms with Gasteiger partial charge in [-0.1, -0.05) is 0 Å². The van der Waals surface area contributed by atoms with Gasteiger partial charge in [0.25, 0.3) is 0 Å². The van der Waals surface area contributed by atoms with E-state index in [9.17, 15) is 4.79 Å². The number of hydrogen-bond donors (Lipinski definition) is 1. The molecule has 0 radical (unpaired) electrons. The molecule has 2 N–H and O–H groups in total. The minimum absolute atomic E-state index is 0.0196. The van der Waals surface area contributed by atoms with Crippen molar-refractivity contribution in [3.8, 4) is 0 Å². The molecule has 0 saturated carbocycles. The third-order valence-electron chi connectivity index (χ3n) is 1.92. The summed E-state index contributed by atoms with van der Waals surface area (Å²) in [6.45, 7) is 1.82. The topological polar surface area (TPSA) is 59.2 Å². The maximum atomic E-state index is 11.6. The quantitative estimate of drug-likeness (QED) is 0.771. The lowest BCUT2D eigenvalue weighted by Crippen LogP contribution is -2.31. The van der Waals surface area contributed by atoms with Gasteiger partial charge in [0.15, 0.2) is 0 Å². The molecule has 1 atom stereocenters. The van der Waals surface area contributed by atoms with Crippen LogP contribution in [0.15, 0.2) is 24.5 Å². The average Bonchev–Trinajstić information content (AvgIpc) is 2.17. The minimum Gasteiger partial charge on any atom is -0.327 e. The number of nitrogens with zero attached hydrogens (tertiary/aromatic N) is 2. The number of aromatic nitrogens is 1. The van der Waals surface area contributed by atoms with Crippen molar-refractivity contribution in [2.24, 2.45) is 5.73 Å². The molecule has 0 fully saturated rings. The Bertz CT molecular complexity index is 297. The molecule has 1 heterocycles. The Morgan fingerprint density at radius 3 is 2.64 bits per heavy atom. The minimum atomic E-state index is -0.105. The molecule has 1 amide bonds. The Morgan fingerprint density at radius 2 is 2.14 bits per heavy atom. The number of nitrogens with two attached hydrogens (primary N) is 1. The molecule has 0 bridgehead atoms. The third-order valence-corrected chi connectivity index (χ3v) is 1.92. The first-order valence-electron chi connectivity index (χ1n) is 4.53. The van der Waals surface area contributed by atoms with Crippen LogP contribution in [0.1, 0.15) is 13.3 Å². The van der Waals surface area contributed by atoms with Gasteiger partial charge in [-0.3, -0.25) is 9.78 Å². The van der Waals surface area contributed by atoms with Crippen LogP contribution in [0.4, 0.5) is 5.69 Å². The molecule has 0 saturated heterocycles. The second kappa shape index (κ2) is 4.72. The average molecular weight is 193 g/mol. The van der Waals surface area contributed by atoms with Gasteiger partial charge in [-0.05, 0) is 19.1 Å². The molecule has 0 aliphatic rings. The Balaban J connectivity index is 2.66. The molecule has 1 aromatic rings. The van der Waals surface area contributed by atoms with Crippen LogP contribution in [-0.2, 0) is 4.79 Å². The van der Waals surface area contributed by atoms with Gasteiger partial charge >= 0.3 is 0 Å². The SMILES string of the molecule is CC(N)CC(=O)N(C)c1ccncc1. The van der Waals surface area contributed by atoms with Crippen molar-refractivity contribution in [1.82, 2.24) is 4.98 Å². The predicted molar refractivity (Wildman–Crippen MR) is 55.9 cm³/mol. The van der Waals surface area contributed by atoms with Gasteiger partial charge in [-0.2, -0.15) is 0 Å². The van der Waals surface area contributed by atoms with Crippen molar-refractivity contribution in [1.29, 1.82) is 0 Å². The maximum Gasteiger partial charge on any atom is 0.228 e. The van der Waals surface area contributed by atoms with Crippen LogP contribution in [0.25, 0.3) is 0 Å². The van der Waals surface area contributed by atoms with Crippen LogP contribution in [0, 0.1) is 0 Å². The van der Waals surface area contributed by atoms with Crippen molar-refractivity contribution < 1.29 is 4.79 Å². The largest absolute Gasteiger partial charge is 0.327 e. The predicted octanol–water partition coefficient (Wildman–Crippen LogP) is 0.782. The van der Waals surface area contributed by atoms with Crippen LogP contribution < -0.4 is 10.6 Å². The van der Waals surface area contributed by atoms with Gasteiger partial charge in [0.05, 0.1) is 0 Å². The third kappa shape index (κ3) is 2.81. The van der Waals surface area contributed by atoms with Crippen molar-refractivity contribution in [2.75, 3.05) is 11.9 Å². The second-order valence-electron chi connectivity index (χ2n) is 3.34. The van der Waals surface area contributed by atoms with Gasteiger partial charge in [0.2, 0.25) is 5.91 Å². The van der Waals surface area contributed by atoms with E-state index in [1.54, 1.807) is 36.5 Å². The van der Waals surface area contributed by atoms with E-state index in [2.05, 4.69) is 4.98 Å². The molecule has 0 spiro atoms. The number of amides is 1. The fraction of sp³-hybridized carbons (Fsp3) is 0.400. The van der Waals surface area contributed by atoms with Crippen LogP contribution in [-0.4, -0.2) is 24.0 Å². The van der Waals surface area contributed by atoms with E-state index in [0.717, 1.165) is 5.69 Å². The van der Waals surface area contributed by atoms with Crippen LogP contribution in [0.3, 0.4) is 0 Å².